The van der Waals surface area contributed by atoms with Crippen LogP contribution in [0.3, 0.4) is 0 Å². The fraction of sp³-hybridized carbons (Fsp3) is 0.429. The molecule has 0 unspecified atom stereocenters. The van der Waals surface area contributed by atoms with Gasteiger partial charge in [0.2, 0.25) is 0 Å². The molecule has 0 bridgehead atoms. The number of halogens is 1. The molecule has 2 heterocycles. The van der Waals surface area contributed by atoms with Crippen LogP contribution in [0.5, 0.6) is 0 Å². The minimum absolute atomic E-state index is 0.0600. The molecule has 0 aliphatic heterocycles. The maximum atomic E-state index is 12.2. The van der Waals surface area contributed by atoms with E-state index < -0.39 is 11.9 Å². The smallest absolute Gasteiger partial charge is 0.366 e. The van der Waals surface area contributed by atoms with Gasteiger partial charge < -0.3 is 4.74 Å². The minimum Gasteiger partial charge on any atom is -0.383 e. The Morgan fingerprint density at radius 2 is 1.82 bits per heavy atom. The van der Waals surface area contributed by atoms with Crippen LogP contribution in [0, 0.1) is 0 Å². The summed E-state index contributed by atoms with van der Waals surface area (Å²) < 4.78 is 7.60. The lowest BCUT2D eigenvalue weighted by molar-refractivity contribution is 0.0383. The first kappa shape index (κ1) is 16.2. The Bertz CT molecular complexity index is 733. The van der Waals surface area contributed by atoms with Gasteiger partial charge >= 0.3 is 11.9 Å². The highest BCUT2D eigenvalue weighted by Crippen LogP contribution is 2.22. The standard InChI is InChI=1S/C14H17ClN4O3/c1-5-8-7-10(18(3)16-8)13(20)22-14(21)12-11(15)9(6-2)17-19(12)4/h7H,5-6H2,1-4H3. The van der Waals surface area contributed by atoms with E-state index in [1.54, 1.807) is 20.2 Å². The van der Waals surface area contributed by atoms with Crippen molar-refractivity contribution in [3.63, 3.8) is 0 Å². The molecule has 0 radical (unpaired) electrons. The zero-order chi connectivity index (χ0) is 16.4. The second-order valence-electron chi connectivity index (χ2n) is 4.76. The van der Waals surface area contributed by atoms with E-state index in [1.807, 2.05) is 13.8 Å². The normalized spacial score (nSPS) is 10.8. The van der Waals surface area contributed by atoms with Crippen LogP contribution in [0.2, 0.25) is 5.02 Å². The molecule has 8 heteroatoms. The van der Waals surface area contributed by atoms with Crippen LogP contribution in [0.4, 0.5) is 0 Å². The first-order chi connectivity index (χ1) is 10.4. The van der Waals surface area contributed by atoms with Crippen molar-refractivity contribution in [1.29, 1.82) is 0 Å². The van der Waals surface area contributed by atoms with Crippen LogP contribution in [-0.4, -0.2) is 31.5 Å². The predicted molar refractivity (Wildman–Crippen MR) is 79.9 cm³/mol. The Morgan fingerprint density at radius 3 is 2.32 bits per heavy atom. The van der Waals surface area contributed by atoms with Crippen LogP contribution >= 0.6 is 11.6 Å². The highest BCUT2D eigenvalue weighted by molar-refractivity contribution is 6.34. The van der Waals surface area contributed by atoms with Gasteiger partial charge in [-0.1, -0.05) is 25.4 Å². The van der Waals surface area contributed by atoms with Crippen molar-refractivity contribution in [3.8, 4) is 0 Å². The van der Waals surface area contributed by atoms with Crippen molar-refractivity contribution in [1.82, 2.24) is 19.6 Å². The molecule has 2 aromatic heterocycles. The van der Waals surface area contributed by atoms with Gasteiger partial charge in [-0.05, 0) is 18.9 Å². The maximum Gasteiger partial charge on any atom is 0.366 e. The number of rotatable bonds is 4. The molecule has 0 amide bonds. The summed E-state index contributed by atoms with van der Waals surface area (Å²) >= 11 is 6.10. The van der Waals surface area contributed by atoms with Crippen molar-refractivity contribution in [3.05, 3.63) is 33.9 Å². The lowest BCUT2D eigenvalue weighted by atomic mass is 10.3. The number of esters is 2. The topological polar surface area (TPSA) is 79.0 Å². The summed E-state index contributed by atoms with van der Waals surface area (Å²) in [4.78, 5) is 24.3. The molecule has 2 aromatic rings. The van der Waals surface area contributed by atoms with Crippen molar-refractivity contribution in [2.45, 2.75) is 26.7 Å². The highest BCUT2D eigenvalue weighted by Gasteiger charge is 2.25. The predicted octanol–water partition coefficient (Wildman–Crippen LogP) is 1.93. The van der Waals surface area contributed by atoms with E-state index in [9.17, 15) is 9.59 Å². The second-order valence-corrected chi connectivity index (χ2v) is 5.14. The first-order valence-electron chi connectivity index (χ1n) is 6.89. The largest absolute Gasteiger partial charge is 0.383 e. The fourth-order valence-electron chi connectivity index (χ4n) is 2.08. The molecule has 7 nitrogen and oxygen atoms in total. The number of aromatic nitrogens is 4. The lowest BCUT2D eigenvalue weighted by Crippen LogP contribution is -2.18. The number of nitrogens with zero attached hydrogens (tertiary/aromatic N) is 4. The van der Waals surface area contributed by atoms with E-state index in [1.165, 1.54) is 9.36 Å². The lowest BCUT2D eigenvalue weighted by Gasteiger charge is -2.03. The molecular weight excluding hydrogens is 308 g/mol. The number of hydrogen-bond acceptors (Lipinski definition) is 5. The van der Waals surface area contributed by atoms with E-state index in [-0.39, 0.29) is 16.4 Å². The van der Waals surface area contributed by atoms with Gasteiger partial charge in [-0.25, -0.2) is 9.59 Å². The number of hydrogen-bond donors (Lipinski definition) is 0. The molecule has 0 aromatic carbocycles. The Kier molecular flexibility index (Phi) is 4.65. The van der Waals surface area contributed by atoms with Gasteiger partial charge in [0.15, 0.2) is 5.69 Å². The molecule has 118 valence electrons. The highest BCUT2D eigenvalue weighted by atomic mass is 35.5. The van der Waals surface area contributed by atoms with Gasteiger partial charge in [-0.3, -0.25) is 9.36 Å². The Hall–Kier alpha value is -2.15. The SMILES string of the molecule is CCc1cc(C(=O)OC(=O)c2c(Cl)c(CC)nn2C)n(C)n1. The third-order valence-corrected chi connectivity index (χ3v) is 3.67. The van der Waals surface area contributed by atoms with E-state index >= 15 is 0 Å². The number of carbonyl (C=O) groups excluding carboxylic acids is 2. The Balaban J connectivity index is 2.23. The van der Waals surface area contributed by atoms with Crippen LogP contribution < -0.4 is 0 Å². The van der Waals surface area contributed by atoms with Gasteiger partial charge in [0.1, 0.15) is 5.69 Å². The number of aryl methyl sites for hydroxylation is 4. The van der Waals surface area contributed by atoms with Crippen LogP contribution in [-0.2, 0) is 31.7 Å². The van der Waals surface area contributed by atoms with Gasteiger partial charge in [0.05, 0.1) is 16.4 Å². The second kappa shape index (κ2) is 6.31. The summed E-state index contributed by atoms with van der Waals surface area (Å²) in [5.74, 6) is -1.60. The summed E-state index contributed by atoms with van der Waals surface area (Å²) in [5, 5.41) is 8.47. The van der Waals surface area contributed by atoms with Crippen LogP contribution in [0.15, 0.2) is 6.07 Å². The molecule has 0 N–H and O–H groups in total. The summed E-state index contributed by atoms with van der Waals surface area (Å²) in [6.45, 7) is 3.79. The fourth-order valence-corrected chi connectivity index (χ4v) is 2.45. The molecule has 0 aliphatic rings. The summed E-state index contributed by atoms with van der Waals surface area (Å²) in [6, 6.07) is 1.60. The molecular formula is C14H17ClN4O3. The summed E-state index contributed by atoms with van der Waals surface area (Å²) in [7, 11) is 3.19. The quantitative estimate of drug-likeness (QED) is 0.634. The number of carbonyl (C=O) groups is 2. The zero-order valence-corrected chi connectivity index (χ0v) is 13.6. The third-order valence-electron chi connectivity index (χ3n) is 3.27. The molecule has 0 fully saturated rings. The van der Waals surface area contributed by atoms with Gasteiger partial charge in [-0.15, -0.1) is 0 Å². The van der Waals surface area contributed by atoms with Crippen molar-refractivity contribution in [2.24, 2.45) is 14.1 Å². The average molecular weight is 325 g/mol. The molecule has 0 saturated heterocycles. The molecule has 0 saturated carbocycles. The van der Waals surface area contributed by atoms with E-state index in [2.05, 4.69) is 10.2 Å². The molecule has 2 rings (SSSR count). The van der Waals surface area contributed by atoms with Crippen molar-refractivity contribution in [2.75, 3.05) is 0 Å². The summed E-state index contributed by atoms with van der Waals surface area (Å²) in [6.07, 6.45) is 1.26. The number of ether oxygens (including phenoxy) is 1. The summed E-state index contributed by atoms with van der Waals surface area (Å²) in [5.41, 5.74) is 1.59. The van der Waals surface area contributed by atoms with Gasteiger partial charge in [0.25, 0.3) is 0 Å². The third kappa shape index (κ3) is 2.89. The van der Waals surface area contributed by atoms with E-state index in [4.69, 9.17) is 16.3 Å². The van der Waals surface area contributed by atoms with E-state index in [0.717, 1.165) is 5.69 Å². The monoisotopic (exact) mass is 324 g/mol. The molecule has 0 spiro atoms. The average Bonchev–Trinajstić information content (AvgIpc) is 2.98. The van der Waals surface area contributed by atoms with Crippen molar-refractivity contribution < 1.29 is 14.3 Å². The van der Waals surface area contributed by atoms with Crippen LogP contribution in [0.25, 0.3) is 0 Å². The molecule has 0 atom stereocenters. The van der Waals surface area contributed by atoms with Gasteiger partial charge in [-0.2, -0.15) is 10.2 Å². The minimum atomic E-state index is -0.830. The molecule has 0 aliphatic carbocycles. The first-order valence-corrected chi connectivity index (χ1v) is 7.27. The maximum absolute atomic E-state index is 12.2. The molecule has 22 heavy (non-hydrogen) atoms. The zero-order valence-electron chi connectivity index (χ0n) is 12.9. The Labute approximate surface area is 132 Å². The van der Waals surface area contributed by atoms with Crippen LogP contribution in [0.1, 0.15) is 46.2 Å². The van der Waals surface area contributed by atoms with E-state index in [0.29, 0.717) is 18.5 Å². The van der Waals surface area contributed by atoms with Crippen molar-refractivity contribution >= 4 is 23.5 Å². The Morgan fingerprint density at radius 1 is 1.14 bits per heavy atom. The van der Waals surface area contributed by atoms with Gasteiger partial charge in [0, 0.05) is 14.1 Å².